The molecular weight excluding hydrogens is 306 g/mol. The third-order valence-electron chi connectivity index (χ3n) is 6.01. The second-order valence-corrected chi connectivity index (χ2v) is 7.99. The molecule has 0 aromatic rings. The lowest BCUT2D eigenvalue weighted by atomic mass is 9.70. The van der Waals surface area contributed by atoms with E-state index in [1.807, 2.05) is 7.11 Å². The Bertz CT molecular complexity index is 400. The van der Waals surface area contributed by atoms with Gasteiger partial charge in [-0.2, -0.15) is 0 Å². The standard InChI is InChI=1S/C20H34ClNO/c1-15-5-6-19(11-20(15)16(2)12-21)17(3)13-22-9-7-18(8-10-22)14-23-4/h15,18-20H,2-3,5-14H2,1,4H3. The van der Waals surface area contributed by atoms with Crippen LogP contribution in [0.4, 0.5) is 0 Å². The molecule has 0 bridgehead atoms. The van der Waals surface area contributed by atoms with Gasteiger partial charge in [0.05, 0.1) is 0 Å². The summed E-state index contributed by atoms with van der Waals surface area (Å²) in [5, 5.41) is 0. The molecule has 1 aliphatic heterocycles. The summed E-state index contributed by atoms with van der Waals surface area (Å²) in [6, 6.07) is 0. The Hall–Kier alpha value is -0.310. The SMILES string of the molecule is C=C(CN1CCC(COC)CC1)C1CCC(C)C(C(=C)CCl)C1. The van der Waals surface area contributed by atoms with E-state index in [0.29, 0.717) is 17.7 Å². The number of ether oxygens (including phenoxy) is 1. The number of hydrogen-bond donors (Lipinski definition) is 0. The van der Waals surface area contributed by atoms with Crippen LogP contribution in [0.3, 0.4) is 0 Å². The summed E-state index contributed by atoms with van der Waals surface area (Å²) in [5.41, 5.74) is 2.64. The molecule has 1 aliphatic carbocycles. The predicted molar refractivity (Wildman–Crippen MR) is 100 cm³/mol. The second-order valence-electron chi connectivity index (χ2n) is 7.72. The van der Waals surface area contributed by atoms with Gasteiger partial charge in [-0.05, 0) is 68.9 Å². The lowest BCUT2D eigenvalue weighted by Crippen LogP contribution is -2.37. The highest BCUT2D eigenvalue weighted by Gasteiger charge is 2.31. The molecule has 2 nitrogen and oxygen atoms in total. The summed E-state index contributed by atoms with van der Waals surface area (Å²) < 4.78 is 5.29. The summed E-state index contributed by atoms with van der Waals surface area (Å²) >= 11 is 6.03. The van der Waals surface area contributed by atoms with Gasteiger partial charge in [-0.1, -0.05) is 31.2 Å². The first-order valence-electron chi connectivity index (χ1n) is 9.17. The van der Waals surface area contributed by atoms with Crippen molar-refractivity contribution in [3.05, 3.63) is 24.3 Å². The second kappa shape index (κ2) is 9.25. The van der Waals surface area contributed by atoms with Crippen LogP contribution >= 0.6 is 11.6 Å². The molecule has 2 fully saturated rings. The number of piperidine rings is 1. The third kappa shape index (κ3) is 5.34. The van der Waals surface area contributed by atoms with Crippen LogP contribution in [0.15, 0.2) is 24.3 Å². The number of likely N-dealkylation sites (tertiary alicyclic amines) is 1. The Morgan fingerprint density at radius 1 is 1.13 bits per heavy atom. The first kappa shape index (κ1) is 19.0. The van der Waals surface area contributed by atoms with Crippen LogP contribution in [-0.4, -0.2) is 44.1 Å². The van der Waals surface area contributed by atoms with E-state index in [-0.39, 0.29) is 0 Å². The average molecular weight is 340 g/mol. The van der Waals surface area contributed by atoms with Crippen molar-refractivity contribution >= 4 is 11.6 Å². The maximum Gasteiger partial charge on any atom is 0.0491 e. The zero-order valence-corrected chi connectivity index (χ0v) is 15.8. The van der Waals surface area contributed by atoms with E-state index in [0.717, 1.165) is 25.0 Å². The van der Waals surface area contributed by atoms with Crippen molar-refractivity contribution in [3.8, 4) is 0 Å². The smallest absolute Gasteiger partial charge is 0.0491 e. The van der Waals surface area contributed by atoms with Gasteiger partial charge in [0.1, 0.15) is 0 Å². The van der Waals surface area contributed by atoms with E-state index in [2.05, 4.69) is 25.0 Å². The molecular formula is C20H34ClNO. The molecule has 23 heavy (non-hydrogen) atoms. The molecule has 0 spiro atoms. The summed E-state index contributed by atoms with van der Waals surface area (Å²) in [6.07, 6.45) is 6.28. The van der Waals surface area contributed by atoms with Crippen LogP contribution in [0.2, 0.25) is 0 Å². The highest BCUT2D eigenvalue weighted by molar-refractivity contribution is 6.19. The molecule has 1 saturated heterocycles. The number of halogens is 1. The van der Waals surface area contributed by atoms with Gasteiger partial charge < -0.3 is 4.74 Å². The molecule has 0 radical (unpaired) electrons. The summed E-state index contributed by atoms with van der Waals surface area (Å²) in [7, 11) is 1.81. The fourth-order valence-electron chi connectivity index (χ4n) is 4.32. The molecule has 0 N–H and O–H groups in total. The zero-order chi connectivity index (χ0) is 16.8. The molecule has 3 heteroatoms. The van der Waals surface area contributed by atoms with Crippen molar-refractivity contribution in [2.45, 2.75) is 39.0 Å². The topological polar surface area (TPSA) is 12.5 Å². The van der Waals surface area contributed by atoms with Crippen LogP contribution in [0.5, 0.6) is 0 Å². The lowest BCUT2D eigenvalue weighted by molar-refractivity contribution is 0.101. The van der Waals surface area contributed by atoms with E-state index in [1.165, 1.54) is 56.3 Å². The summed E-state index contributed by atoms with van der Waals surface area (Å²) in [4.78, 5) is 2.58. The Morgan fingerprint density at radius 3 is 2.43 bits per heavy atom. The maximum atomic E-state index is 6.03. The number of hydrogen-bond acceptors (Lipinski definition) is 2. The Kier molecular flexibility index (Phi) is 7.65. The summed E-state index contributed by atoms with van der Waals surface area (Å²) in [5.74, 6) is 3.29. The van der Waals surface area contributed by atoms with E-state index in [4.69, 9.17) is 16.3 Å². The average Bonchev–Trinajstić information content (AvgIpc) is 2.56. The molecule has 0 aromatic carbocycles. The molecule has 2 aliphatic rings. The highest BCUT2D eigenvalue weighted by atomic mass is 35.5. The number of methoxy groups -OCH3 is 1. The molecule has 1 saturated carbocycles. The monoisotopic (exact) mass is 339 g/mol. The predicted octanol–water partition coefficient (Wildman–Crippen LogP) is 4.75. The molecule has 1 heterocycles. The molecule has 3 atom stereocenters. The minimum absolute atomic E-state index is 0.579. The maximum absolute atomic E-state index is 6.03. The van der Waals surface area contributed by atoms with Crippen LogP contribution in [0.1, 0.15) is 39.0 Å². The highest BCUT2D eigenvalue weighted by Crippen LogP contribution is 2.40. The molecule has 2 rings (SSSR count). The van der Waals surface area contributed by atoms with E-state index in [9.17, 15) is 0 Å². The fraction of sp³-hybridized carbons (Fsp3) is 0.800. The Morgan fingerprint density at radius 2 is 1.83 bits per heavy atom. The zero-order valence-electron chi connectivity index (χ0n) is 15.0. The quantitative estimate of drug-likeness (QED) is 0.490. The van der Waals surface area contributed by atoms with Gasteiger partial charge in [-0.15, -0.1) is 11.6 Å². The Labute approximate surface area is 147 Å². The van der Waals surface area contributed by atoms with Crippen molar-refractivity contribution < 1.29 is 4.74 Å². The van der Waals surface area contributed by atoms with Gasteiger partial charge >= 0.3 is 0 Å². The van der Waals surface area contributed by atoms with E-state index >= 15 is 0 Å². The van der Waals surface area contributed by atoms with Crippen LogP contribution in [-0.2, 0) is 4.74 Å². The van der Waals surface area contributed by atoms with E-state index in [1.54, 1.807) is 0 Å². The Balaban J connectivity index is 1.80. The molecule has 0 amide bonds. The van der Waals surface area contributed by atoms with Gasteiger partial charge in [0.15, 0.2) is 0 Å². The van der Waals surface area contributed by atoms with Gasteiger partial charge in [0, 0.05) is 26.1 Å². The van der Waals surface area contributed by atoms with Gasteiger partial charge in [-0.25, -0.2) is 0 Å². The van der Waals surface area contributed by atoms with Crippen molar-refractivity contribution in [3.63, 3.8) is 0 Å². The number of rotatable bonds is 7. The first-order chi connectivity index (χ1) is 11.0. The molecule has 3 unspecified atom stereocenters. The van der Waals surface area contributed by atoms with Crippen molar-refractivity contribution in [2.24, 2.45) is 23.7 Å². The van der Waals surface area contributed by atoms with E-state index < -0.39 is 0 Å². The minimum Gasteiger partial charge on any atom is -0.384 e. The molecule has 0 aromatic heterocycles. The number of alkyl halides is 1. The summed E-state index contributed by atoms with van der Waals surface area (Å²) in [6.45, 7) is 15.4. The number of allylic oxidation sites excluding steroid dienone is 1. The van der Waals surface area contributed by atoms with Crippen molar-refractivity contribution in [1.29, 1.82) is 0 Å². The lowest BCUT2D eigenvalue weighted by Gasteiger charge is -2.38. The third-order valence-corrected chi connectivity index (χ3v) is 6.35. The van der Waals surface area contributed by atoms with Gasteiger partial charge in [0.25, 0.3) is 0 Å². The number of nitrogens with zero attached hydrogens (tertiary/aromatic N) is 1. The minimum atomic E-state index is 0.579. The largest absolute Gasteiger partial charge is 0.384 e. The molecule has 132 valence electrons. The van der Waals surface area contributed by atoms with Gasteiger partial charge in [-0.3, -0.25) is 4.90 Å². The normalized spacial score (nSPS) is 30.3. The first-order valence-corrected chi connectivity index (χ1v) is 9.71. The fourth-order valence-corrected chi connectivity index (χ4v) is 4.52. The van der Waals surface area contributed by atoms with Crippen molar-refractivity contribution in [1.82, 2.24) is 4.90 Å². The van der Waals surface area contributed by atoms with Crippen LogP contribution < -0.4 is 0 Å². The van der Waals surface area contributed by atoms with Crippen LogP contribution in [0, 0.1) is 23.7 Å². The van der Waals surface area contributed by atoms with Crippen molar-refractivity contribution in [2.75, 3.05) is 39.2 Å². The van der Waals surface area contributed by atoms with Crippen LogP contribution in [0.25, 0.3) is 0 Å². The van der Waals surface area contributed by atoms with Gasteiger partial charge in [0.2, 0.25) is 0 Å².